The van der Waals surface area contributed by atoms with Crippen LogP contribution < -0.4 is 10.1 Å². The molecule has 1 aromatic heterocycles. The number of dihydropyridines is 1. The molecule has 1 aliphatic carbocycles. The van der Waals surface area contributed by atoms with Gasteiger partial charge in [0, 0.05) is 46.4 Å². The summed E-state index contributed by atoms with van der Waals surface area (Å²) < 4.78 is 17.6. The van der Waals surface area contributed by atoms with E-state index in [0.717, 1.165) is 36.2 Å². The molecule has 0 bridgehead atoms. The largest absolute Gasteiger partial charge is 0.491 e. The van der Waals surface area contributed by atoms with Crippen LogP contribution in [0.5, 0.6) is 5.75 Å². The number of rotatable bonds is 7. The van der Waals surface area contributed by atoms with Gasteiger partial charge in [0.2, 0.25) is 0 Å². The number of para-hydroxylation sites is 1. The van der Waals surface area contributed by atoms with Gasteiger partial charge in [0.25, 0.3) is 0 Å². The minimum absolute atomic E-state index is 0.0495. The number of ether oxygens (including phenoxy) is 3. The number of nitrogens with one attached hydrogen (secondary N) is 1. The summed E-state index contributed by atoms with van der Waals surface area (Å²) in [4.78, 5) is 28.5. The Bertz CT molecular complexity index is 1190. The van der Waals surface area contributed by atoms with Crippen molar-refractivity contribution in [2.45, 2.75) is 70.5 Å². The molecule has 0 radical (unpaired) electrons. The molecule has 1 N–H and O–H groups in total. The molecule has 0 spiro atoms. The van der Waals surface area contributed by atoms with Crippen molar-refractivity contribution in [2.24, 2.45) is 0 Å². The van der Waals surface area contributed by atoms with E-state index < -0.39 is 11.9 Å². The van der Waals surface area contributed by atoms with Crippen LogP contribution in [0.25, 0.3) is 0 Å². The Morgan fingerprint density at radius 1 is 1.19 bits per heavy atom. The van der Waals surface area contributed by atoms with Gasteiger partial charge >= 0.3 is 5.97 Å². The van der Waals surface area contributed by atoms with Crippen LogP contribution in [0, 0.1) is 0 Å². The van der Waals surface area contributed by atoms with Crippen LogP contribution in [0.3, 0.4) is 0 Å². The summed E-state index contributed by atoms with van der Waals surface area (Å²) in [5, 5.41) is 5.48. The van der Waals surface area contributed by atoms with Gasteiger partial charge in [-0.05, 0) is 57.5 Å². The van der Waals surface area contributed by atoms with Gasteiger partial charge in [0.05, 0.1) is 23.7 Å². The van der Waals surface area contributed by atoms with Gasteiger partial charge < -0.3 is 19.5 Å². The minimum atomic E-state index is -0.551. The molecule has 190 valence electrons. The van der Waals surface area contributed by atoms with Gasteiger partial charge in [-0.2, -0.15) is 0 Å². The molecule has 3 aliphatic rings. The number of thiophene rings is 1. The molecule has 2 aliphatic heterocycles. The second-order valence-electron chi connectivity index (χ2n) is 9.97. The topological polar surface area (TPSA) is 73.9 Å². The number of benzene rings is 1. The highest BCUT2D eigenvalue weighted by Gasteiger charge is 2.42. The Morgan fingerprint density at radius 3 is 2.75 bits per heavy atom. The molecule has 3 heterocycles. The van der Waals surface area contributed by atoms with Crippen molar-refractivity contribution in [3.8, 4) is 5.75 Å². The highest BCUT2D eigenvalue weighted by atomic mass is 32.1. The maximum Gasteiger partial charge on any atom is 0.336 e. The predicted molar refractivity (Wildman–Crippen MR) is 139 cm³/mol. The smallest absolute Gasteiger partial charge is 0.336 e. The van der Waals surface area contributed by atoms with Crippen molar-refractivity contribution in [1.29, 1.82) is 0 Å². The van der Waals surface area contributed by atoms with E-state index in [2.05, 4.69) is 11.4 Å². The first-order valence-corrected chi connectivity index (χ1v) is 13.6. The zero-order valence-corrected chi connectivity index (χ0v) is 21.9. The van der Waals surface area contributed by atoms with Gasteiger partial charge in [-0.1, -0.05) is 24.3 Å². The standard InChI is InChI=1S/C29H33NO5S/c1-17(2)35-24-10-5-4-9-21(24)27-26(29(32)34-16-20-8-6-12-33-20)18(3)30-22-14-19(15-23(31)28(22)27)25-11-7-13-36-25/h4-5,7,9-11,13,17,19-20,27,30H,6,8,12,14-16H2,1-3H3. The summed E-state index contributed by atoms with van der Waals surface area (Å²) in [5.41, 5.74) is 3.54. The van der Waals surface area contributed by atoms with E-state index >= 15 is 0 Å². The van der Waals surface area contributed by atoms with Gasteiger partial charge in [-0.15, -0.1) is 11.3 Å². The first-order chi connectivity index (χ1) is 17.4. The number of esters is 1. The van der Waals surface area contributed by atoms with Crippen molar-refractivity contribution in [2.75, 3.05) is 13.2 Å². The molecule has 7 heteroatoms. The molecule has 0 saturated carbocycles. The number of carbonyl (C=O) groups is 2. The molecule has 1 fully saturated rings. The lowest BCUT2D eigenvalue weighted by molar-refractivity contribution is -0.142. The Morgan fingerprint density at radius 2 is 2.03 bits per heavy atom. The number of Topliss-reactive ketones (excluding diaryl/α,β-unsaturated/α-hetero) is 1. The molecule has 1 saturated heterocycles. The van der Waals surface area contributed by atoms with Crippen LogP contribution in [0.4, 0.5) is 0 Å². The Hall–Kier alpha value is -2.90. The first-order valence-electron chi connectivity index (χ1n) is 12.7. The third-order valence-corrected chi connectivity index (χ3v) is 8.04. The summed E-state index contributed by atoms with van der Waals surface area (Å²) in [6.07, 6.45) is 2.88. The highest BCUT2D eigenvalue weighted by Crippen LogP contribution is 2.48. The summed E-state index contributed by atoms with van der Waals surface area (Å²) >= 11 is 1.68. The first kappa shape index (κ1) is 24.8. The summed E-state index contributed by atoms with van der Waals surface area (Å²) in [5.74, 6) is -0.1000. The molecule has 2 aromatic rings. The number of carbonyl (C=O) groups excluding carboxylic acids is 2. The van der Waals surface area contributed by atoms with Crippen LogP contribution in [-0.2, 0) is 19.1 Å². The van der Waals surface area contributed by atoms with Gasteiger partial charge in [0.1, 0.15) is 12.4 Å². The maximum atomic E-state index is 13.8. The zero-order valence-electron chi connectivity index (χ0n) is 21.0. The van der Waals surface area contributed by atoms with Crippen molar-refractivity contribution in [3.63, 3.8) is 0 Å². The second-order valence-corrected chi connectivity index (χ2v) is 10.9. The molecular formula is C29H33NO5S. The average molecular weight is 508 g/mol. The van der Waals surface area contributed by atoms with E-state index in [-0.39, 0.29) is 30.5 Å². The molecule has 3 unspecified atom stereocenters. The van der Waals surface area contributed by atoms with E-state index in [1.807, 2.05) is 56.5 Å². The van der Waals surface area contributed by atoms with Crippen molar-refractivity contribution >= 4 is 23.1 Å². The van der Waals surface area contributed by atoms with Crippen LogP contribution in [0.15, 0.2) is 64.3 Å². The second kappa shape index (κ2) is 10.6. The van der Waals surface area contributed by atoms with Gasteiger partial charge in [-0.25, -0.2) is 4.79 Å². The predicted octanol–water partition coefficient (Wildman–Crippen LogP) is 5.62. The lowest BCUT2D eigenvalue weighted by atomic mass is 9.72. The monoisotopic (exact) mass is 507 g/mol. The fourth-order valence-electron chi connectivity index (χ4n) is 5.45. The average Bonchev–Trinajstić information content (AvgIpc) is 3.56. The molecule has 5 rings (SSSR count). The van der Waals surface area contributed by atoms with Gasteiger partial charge in [0.15, 0.2) is 5.78 Å². The van der Waals surface area contributed by atoms with Crippen molar-refractivity contribution in [1.82, 2.24) is 5.32 Å². The van der Waals surface area contributed by atoms with Crippen LogP contribution >= 0.6 is 11.3 Å². The Balaban J connectivity index is 1.55. The van der Waals surface area contributed by atoms with E-state index in [1.54, 1.807) is 11.3 Å². The number of hydrogen-bond acceptors (Lipinski definition) is 7. The van der Waals surface area contributed by atoms with E-state index in [0.29, 0.717) is 29.9 Å². The highest BCUT2D eigenvalue weighted by molar-refractivity contribution is 7.10. The fourth-order valence-corrected chi connectivity index (χ4v) is 6.28. The van der Waals surface area contributed by atoms with Gasteiger partial charge in [-0.3, -0.25) is 4.79 Å². The zero-order chi connectivity index (χ0) is 25.2. The Kier molecular flexibility index (Phi) is 7.30. The molecular weight excluding hydrogens is 474 g/mol. The number of allylic oxidation sites excluding steroid dienone is 3. The summed E-state index contributed by atoms with van der Waals surface area (Å²) in [6, 6.07) is 11.8. The van der Waals surface area contributed by atoms with Crippen molar-refractivity contribution in [3.05, 3.63) is 74.8 Å². The third-order valence-electron chi connectivity index (χ3n) is 7.01. The lowest BCUT2D eigenvalue weighted by Gasteiger charge is -2.37. The van der Waals surface area contributed by atoms with E-state index in [9.17, 15) is 9.59 Å². The molecule has 0 amide bonds. The number of hydrogen-bond donors (Lipinski definition) is 1. The SMILES string of the molecule is CC1=C(C(=O)OCC2CCCO2)C(c2ccccc2OC(C)C)C2=C(CC(c3cccs3)CC2=O)N1. The summed E-state index contributed by atoms with van der Waals surface area (Å²) in [6.45, 7) is 6.75. The summed E-state index contributed by atoms with van der Waals surface area (Å²) in [7, 11) is 0. The molecule has 36 heavy (non-hydrogen) atoms. The number of ketones is 1. The van der Waals surface area contributed by atoms with E-state index in [1.165, 1.54) is 4.88 Å². The molecule has 6 nitrogen and oxygen atoms in total. The molecule has 3 atom stereocenters. The minimum Gasteiger partial charge on any atom is -0.491 e. The third kappa shape index (κ3) is 5.00. The quantitative estimate of drug-likeness (QED) is 0.491. The maximum absolute atomic E-state index is 13.8. The normalized spacial score (nSPS) is 24.1. The Labute approximate surface area is 216 Å². The van der Waals surface area contributed by atoms with E-state index in [4.69, 9.17) is 14.2 Å². The van der Waals surface area contributed by atoms with Crippen LogP contribution in [0.2, 0.25) is 0 Å². The lowest BCUT2D eigenvalue weighted by Crippen LogP contribution is -2.36. The van der Waals surface area contributed by atoms with Crippen molar-refractivity contribution < 1.29 is 23.8 Å². The molecule has 1 aromatic carbocycles. The van der Waals surface area contributed by atoms with Crippen LogP contribution in [0.1, 0.15) is 68.7 Å². The fraction of sp³-hybridized carbons (Fsp3) is 0.448. The van der Waals surface area contributed by atoms with Crippen LogP contribution in [-0.4, -0.2) is 37.2 Å².